The van der Waals surface area contributed by atoms with Crippen LogP contribution in [-0.2, 0) is 14.0 Å². The Balaban J connectivity index is 3.01. The first-order valence-corrected chi connectivity index (χ1v) is 4.52. The lowest BCUT2D eigenvalue weighted by atomic mass is 9.87. The van der Waals surface area contributed by atoms with Crippen molar-refractivity contribution in [2.75, 3.05) is 6.61 Å². The fourth-order valence-electron chi connectivity index (χ4n) is 1.10. The van der Waals surface area contributed by atoms with Gasteiger partial charge in [0.2, 0.25) is 0 Å². The van der Waals surface area contributed by atoms with E-state index >= 15 is 0 Å². The van der Waals surface area contributed by atoms with Gasteiger partial charge in [0, 0.05) is 12.7 Å². The Hall–Kier alpha value is -1.32. The highest BCUT2D eigenvalue weighted by atomic mass is 16.6. The van der Waals surface area contributed by atoms with E-state index in [9.17, 15) is 9.90 Å². The van der Waals surface area contributed by atoms with Gasteiger partial charge in [0.1, 0.15) is 0 Å². The molecular weight excluding hydrogens is 184 g/mol. The molecule has 0 amide bonds. The van der Waals surface area contributed by atoms with E-state index in [1.807, 2.05) is 0 Å². The van der Waals surface area contributed by atoms with E-state index in [2.05, 4.69) is 0 Å². The van der Waals surface area contributed by atoms with Gasteiger partial charge in [0.15, 0.2) is 0 Å². The summed E-state index contributed by atoms with van der Waals surface area (Å²) in [6.45, 7) is 7.04. The normalized spacial score (nSPS) is 19.6. The highest BCUT2D eigenvalue weighted by Gasteiger charge is 2.44. The molecule has 1 rings (SSSR count). The molecule has 0 aromatic heterocycles. The SMILES string of the molecule is CCOC(=O)C1=C([O-])C(C)(C)C(C)=[O+]1. The molecule has 0 radical (unpaired) electrons. The molecule has 1 aliphatic heterocycles. The lowest BCUT2D eigenvalue weighted by Gasteiger charge is -2.18. The standard InChI is InChI=1S/C10H14O4/c1-5-13-9(12)7-8(11)10(3,4)6(2)14-7/h5H2,1-4H3. The molecule has 0 aromatic rings. The van der Waals surface area contributed by atoms with E-state index in [0.29, 0.717) is 5.78 Å². The summed E-state index contributed by atoms with van der Waals surface area (Å²) in [4.78, 5) is 11.3. The van der Waals surface area contributed by atoms with Crippen molar-refractivity contribution in [3.05, 3.63) is 11.5 Å². The molecule has 0 saturated carbocycles. The van der Waals surface area contributed by atoms with Gasteiger partial charge < -0.3 is 9.84 Å². The maximum Gasteiger partial charge on any atom is 0.436 e. The fraction of sp³-hybridized carbons (Fsp3) is 0.600. The highest BCUT2D eigenvalue weighted by Crippen LogP contribution is 2.31. The lowest BCUT2D eigenvalue weighted by Crippen LogP contribution is -2.28. The van der Waals surface area contributed by atoms with Gasteiger partial charge in [-0.2, -0.15) is 0 Å². The number of rotatable bonds is 2. The molecule has 0 saturated heterocycles. The van der Waals surface area contributed by atoms with Crippen molar-refractivity contribution in [2.24, 2.45) is 5.41 Å². The summed E-state index contributed by atoms with van der Waals surface area (Å²) in [5.74, 6) is -0.657. The molecule has 4 nitrogen and oxygen atoms in total. The third-order valence-corrected chi connectivity index (χ3v) is 2.37. The van der Waals surface area contributed by atoms with Gasteiger partial charge in [-0.05, 0) is 20.8 Å². The zero-order valence-electron chi connectivity index (χ0n) is 8.84. The second kappa shape index (κ2) is 3.44. The Kier molecular flexibility index (Phi) is 2.64. The topological polar surface area (TPSA) is 60.7 Å². The summed E-state index contributed by atoms with van der Waals surface area (Å²) < 4.78 is 9.82. The highest BCUT2D eigenvalue weighted by molar-refractivity contribution is 5.94. The van der Waals surface area contributed by atoms with E-state index in [4.69, 9.17) is 9.16 Å². The van der Waals surface area contributed by atoms with Crippen LogP contribution < -0.4 is 5.11 Å². The summed E-state index contributed by atoms with van der Waals surface area (Å²) in [6, 6.07) is 0. The second-order valence-corrected chi connectivity index (χ2v) is 3.66. The Labute approximate surface area is 82.9 Å². The molecule has 0 N–H and O–H groups in total. The van der Waals surface area contributed by atoms with Crippen LogP contribution in [0.4, 0.5) is 0 Å². The Morgan fingerprint density at radius 3 is 2.50 bits per heavy atom. The quantitative estimate of drug-likeness (QED) is 0.473. The van der Waals surface area contributed by atoms with Crippen LogP contribution in [-0.4, -0.2) is 18.4 Å². The molecule has 0 bridgehead atoms. The van der Waals surface area contributed by atoms with E-state index in [-0.39, 0.29) is 18.1 Å². The minimum Gasteiger partial charge on any atom is -0.868 e. The van der Waals surface area contributed by atoms with Gasteiger partial charge in [-0.25, -0.2) is 9.22 Å². The summed E-state index contributed by atoms with van der Waals surface area (Å²) in [5.41, 5.74) is -0.720. The molecule has 0 spiro atoms. The predicted molar refractivity (Wildman–Crippen MR) is 48.1 cm³/mol. The molecule has 1 aliphatic rings. The zero-order valence-corrected chi connectivity index (χ0v) is 8.84. The van der Waals surface area contributed by atoms with Gasteiger partial charge in [-0.1, -0.05) is 0 Å². The van der Waals surface area contributed by atoms with Crippen molar-refractivity contribution in [1.82, 2.24) is 0 Å². The second-order valence-electron chi connectivity index (χ2n) is 3.66. The summed E-state index contributed by atoms with van der Waals surface area (Å²) >= 11 is 0. The van der Waals surface area contributed by atoms with Crippen LogP contribution in [0.1, 0.15) is 27.7 Å². The minimum absolute atomic E-state index is 0.200. The van der Waals surface area contributed by atoms with Crippen LogP contribution in [0.2, 0.25) is 0 Å². The lowest BCUT2D eigenvalue weighted by molar-refractivity contribution is -0.405. The van der Waals surface area contributed by atoms with Crippen LogP contribution in [0.15, 0.2) is 11.5 Å². The summed E-state index contributed by atoms with van der Waals surface area (Å²) in [5, 5.41) is 11.7. The molecule has 0 aliphatic carbocycles. The monoisotopic (exact) mass is 198 g/mol. The first kappa shape index (κ1) is 10.8. The maximum absolute atomic E-state index is 11.7. The van der Waals surface area contributed by atoms with Gasteiger partial charge in [-0.3, -0.25) is 0 Å². The zero-order chi connectivity index (χ0) is 10.9. The first-order valence-electron chi connectivity index (χ1n) is 4.52. The molecule has 0 atom stereocenters. The van der Waals surface area contributed by atoms with Crippen LogP contribution >= 0.6 is 0 Å². The van der Waals surface area contributed by atoms with Crippen molar-refractivity contribution in [3.63, 3.8) is 0 Å². The Morgan fingerprint density at radius 2 is 2.14 bits per heavy atom. The first-order chi connectivity index (χ1) is 6.41. The minimum atomic E-state index is -0.720. The smallest absolute Gasteiger partial charge is 0.436 e. The van der Waals surface area contributed by atoms with E-state index < -0.39 is 11.4 Å². The van der Waals surface area contributed by atoms with Crippen molar-refractivity contribution in [3.8, 4) is 0 Å². The third kappa shape index (κ3) is 1.52. The van der Waals surface area contributed by atoms with E-state index in [1.54, 1.807) is 27.7 Å². The average molecular weight is 198 g/mol. The molecule has 1 heterocycles. The van der Waals surface area contributed by atoms with Gasteiger partial charge in [0.25, 0.3) is 0 Å². The Bertz CT molecular complexity index is 323. The molecule has 78 valence electrons. The van der Waals surface area contributed by atoms with Crippen LogP contribution in [0.5, 0.6) is 0 Å². The van der Waals surface area contributed by atoms with Crippen molar-refractivity contribution >= 4 is 11.8 Å². The molecule has 14 heavy (non-hydrogen) atoms. The summed E-state index contributed by atoms with van der Waals surface area (Å²) in [7, 11) is 0. The maximum atomic E-state index is 11.7. The number of hydrogen-bond donors (Lipinski definition) is 0. The number of ketones is 1. The Morgan fingerprint density at radius 1 is 1.57 bits per heavy atom. The summed E-state index contributed by atoms with van der Waals surface area (Å²) in [6.07, 6.45) is 0. The van der Waals surface area contributed by atoms with Crippen LogP contribution in [0.25, 0.3) is 0 Å². The van der Waals surface area contributed by atoms with Crippen molar-refractivity contribution < 1.29 is 19.1 Å². The van der Waals surface area contributed by atoms with E-state index in [1.165, 1.54) is 0 Å². The van der Waals surface area contributed by atoms with Gasteiger partial charge >= 0.3 is 17.5 Å². The van der Waals surface area contributed by atoms with Crippen molar-refractivity contribution in [2.45, 2.75) is 27.7 Å². The van der Waals surface area contributed by atoms with E-state index in [0.717, 1.165) is 0 Å². The molecule has 0 aromatic carbocycles. The number of ether oxygens (including phenoxy) is 1. The number of carbonyl (C=O) groups excluding carboxylic acids is 2. The molecule has 0 unspecified atom stereocenters. The van der Waals surface area contributed by atoms with Crippen LogP contribution in [0.3, 0.4) is 0 Å². The predicted octanol–water partition coefficient (Wildman–Crippen LogP) is 0.286. The van der Waals surface area contributed by atoms with Crippen LogP contribution in [0, 0.1) is 5.41 Å². The molecular formula is C10H14O4. The number of esters is 1. The molecule has 0 fully saturated rings. The largest absolute Gasteiger partial charge is 0.868 e. The van der Waals surface area contributed by atoms with Gasteiger partial charge in [0.05, 0.1) is 12.0 Å². The number of allylic oxidation sites excluding steroid dienone is 1. The average Bonchev–Trinajstić information content (AvgIpc) is 2.30. The fourth-order valence-corrected chi connectivity index (χ4v) is 1.10. The number of hydrogen-bond acceptors (Lipinski definition) is 3. The number of carbonyl (C=O) groups is 1. The van der Waals surface area contributed by atoms with Crippen molar-refractivity contribution in [1.29, 1.82) is 0 Å². The van der Waals surface area contributed by atoms with Gasteiger partial charge in [-0.15, -0.1) is 0 Å². The molecule has 4 heteroatoms. The third-order valence-electron chi connectivity index (χ3n) is 2.37.